The van der Waals surface area contributed by atoms with Gasteiger partial charge in [0.25, 0.3) is 0 Å². The Hall–Kier alpha value is -1.15. The van der Waals surface area contributed by atoms with Gasteiger partial charge in [0.2, 0.25) is 0 Å². The minimum absolute atomic E-state index is 0.145. The van der Waals surface area contributed by atoms with Gasteiger partial charge in [-0.3, -0.25) is 0 Å². The molecule has 1 aliphatic heterocycles. The quantitative estimate of drug-likeness (QED) is 0.743. The maximum atomic E-state index is 13.2. The molecule has 0 spiro atoms. The van der Waals surface area contributed by atoms with Crippen molar-refractivity contribution in [2.75, 3.05) is 13.1 Å². The maximum absolute atomic E-state index is 13.2. The molecule has 80 valence electrons. The van der Waals surface area contributed by atoms with Crippen molar-refractivity contribution in [2.45, 2.75) is 19.8 Å². The van der Waals surface area contributed by atoms with E-state index in [0.717, 1.165) is 37.1 Å². The molecular formula is C13H16FN. The predicted molar refractivity (Wildman–Crippen MR) is 61.2 cm³/mol. The van der Waals surface area contributed by atoms with Crippen molar-refractivity contribution in [3.05, 3.63) is 41.2 Å². The van der Waals surface area contributed by atoms with Crippen LogP contribution in [0.15, 0.2) is 24.3 Å². The van der Waals surface area contributed by atoms with Crippen molar-refractivity contribution in [1.29, 1.82) is 0 Å². The molecule has 0 amide bonds. The van der Waals surface area contributed by atoms with Crippen LogP contribution in [-0.2, 0) is 0 Å². The van der Waals surface area contributed by atoms with Crippen molar-refractivity contribution in [2.24, 2.45) is 0 Å². The van der Waals surface area contributed by atoms with E-state index in [1.54, 1.807) is 6.07 Å². The van der Waals surface area contributed by atoms with Crippen LogP contribution in [0.2, 0.25) is 0 Å². The minimum atomic E-state index is -0.145. The zero-order chi connectivity index (χ0) is 10.7. The molecule has 1 aromatic rings. The summed E-state index contributed by atoms with van der Waals surface area (Å²) in [5.41, 5.74) is 3.50. The number of nitrogens with one attached hydrogen (secondary N) is 1. The lowest BCUT2D eigenvalue weighted by molar-refractivity contribution is 0.626. The standard InChI is InChI=1S/C13H16FN/c1-10-4-5-12(14)9-13(10)11-3-2-7-15-8-6-11/h3-5,9,15H,2,6-8H2,1H3. The van der Waals surface area contributed by atoms with E-state index in [2.05, 4.69) is 11.4 Å². The van der Waals surface area contributed by atoms with Crippen LogP contribution in [0.5, 0.6) is 0 Å². The van der Waals surface area contributed by atoms with E-state index in [9.17, 15) is 4.39 Å². The molecule has 1 N–H and O–H groups in total. The summed E-state index contributed by atoms with van der Waals surface area (Å²) in [6.45, 7) is 4.05. The van der Waals surface area contributed by atoms with E-state index < -0.39 is 0 Å². The van der Waals surface area contributed by atoms with Crippen LogP contribution in [-0.4, -0.2) is 13.1 Å². The number of aryl methyl sites for hydroxylation is 1. The van der Waals surface area contributed by atoms with Crippen LogP contribution in [0.4, 0.5) is 4.39 Å². The number of benzene rings is 1. The Morgan fingerprint density at radius 2 is 2.13 bits per heavy atom. The van der Waals surface area contributed by atoms with Gasteiger partial charge in [-0.1, -0.05) is 12.1 Å². The molecular weight excluding hydrogens is 189 g/mol. The molecule has 2 heteroatoms. The molecule has 0 saturated carbocycles. The van der Waals surface area contributed by atoms with E-state index in [-0.39, 0.29) is 5.82 Å². The second-order valence-corrected chi connectivity index (χ2v) is 3.98. The van der Waals surface area contributed by atoms with Crippen LogP contribution >= 0.6 is 0 Å². The number of rotatable bonds is 1. The molecule has 0 aromatic heterocycles. The third kappa shape index (κ3) is 2.45. The molecule has 0 bridgehead atoms. The van der Waals surface area contributed by atoms with Gasteiger partial charge in [0.15, 0.2) is 0 Å². The van der Waals surface area contributed by atoms with Gasteiger partial charge in [0, 0.05) is 0 Å². The first-order chi connectivity index (χ1) is 7.27. The second kappa shape index (κ2) is 4.58. The average molecular weight is 205 g/mol. The van der Waals surface area contributed by atoms with E-state index in [1.165, 1.54) is 11.6 Å². The third-order valence-electron chi connectivity index (χ3n) is 2.83. The monoisotopic (exact) mass is 205 g/mol. The van der Waals surface area contributed by atoms with Crippen LogP contribution in [0, 0.1) is 12.7 Å². The first-order valence-electron chi connectivity index (χ1n) is 5.43. The highest BCUT2D eigenvalue weighted by atomic mass is 19.1. The summed E-state index contributed by atoms with van der Waals surface area (Å²) >= 11 is 0. The summed E-state index contributed by atoms with van der Waals surface area (Å²) in [6, 6.07) is 5.02. The minimum Gasteiger partial charge on any atom is -0.316 e. The fourth-order valence-electron chi connectivity index (χ4n) is 1.98. The molecule has 1 aromatic carbocycles. The Balaban J connectivity index is 2.34. The van der Waals surface area contributed by atoms with Crippen molar-refractivity contribution in [3.63, 3.8) is 0 Å². The van der Waals surface area contributed by atoms with Crippen LogP contribution < -0.4 is 5.32 Å². The number of hydrogen-bond acceptors (Lipinski definition) is 1. The summed E-state index contributed by atoms with van der Waals surface area (Å²) in [5, 5.41) is 3.34. The van der Waals surface area contributed by atoms with Gasteiger partial charge in [0.05, 0.1) is 0 Å². The smallest absolute Gasteiger partial charge is 0.123 e. The van der Waals surface area contributed by atoms with Gasteiger partial charge in [-0.05, 0) is 61.7 Å². The number of hydrogen-bond donors (Lipinski definition) is 1. The molecule has 0 fully saturated rings. The molecule has 0 radical (unpaired) electrons. The van der Waals surface area contributed by atoms with Gasteiger partial charge < -0.3 is 5.32 Å². The second-order valence-electron chi connectivity index (χ2n) is 3.98. The Morgan fingerprint density at radius 1 is 1.27 bits per heavy atom. The lowest BCUT2D eigenvalue weighted by Gasteiger charge is -2.09. The first kappa shape index (κ1) is 10.4. The van der Waals surface area contributed by atoms with Crippen LogP contribution in [0.1, 0.15) is 24.0 Å². The highest BCUT2D eigenvalue weighted by Gasteiger charge is 2.08. The van der Waals surface area contributed by atoms with Crippen molar-refractivity contribution in [1.82, 2.24) is 5.32 Å². The zero-order valence-electron chi connectivity index (χ0n) is 9.02. The van der Waals surface area contributed by atoms with Crippen molar-refractivity contribution in [3.8, 4) is 0 Å². The first-order valence-corrected chi connectivity index (χ1v) is 5.43. The SMILES string of the molecule is Cc1ccc(F)cc1C1=CCCNCC1. The normalized spacial score (nSPS) is 17.1. The highest BCUT2D eigenvalue weighted by Crippen LogP contribution is 2.24. The largest absolute Gasteiger partial charge is 0.316 e. The van der Waals surface area contributed by atoms with E-state index in [4.69, 9.17) is 0 Å². The molecule has 15 heavy (non-hydrogen) atoms. The molecule has 1 heterocycles. The average Bonchev–Trinajstić information content (AvgIpc) is 2.50. The lowest BCUT2D eigenvalue weighted by atomic mass is 9.97. The molecule has 1 nitrogen and oxygen atoms in total. The molecule has 1 aliphatic rings. The van der Waals surface area contributed by atoms with E-state index in [1.807, 2.05) is 13.0 Å². The summed E-state index contributed by atoms with van der Waals surface area (Å²) < 4.78 is 13.2. The summed E-state index contributed by atoms with van der Waals surface area (Å²) in [7, 11) is 0. The fraction of sp³-hybridized carbons (Fsp3) is 0.385. The third-order valence-corrected chi connectivity index (χ3v) is 2.83. The zero-order valence-corrected chi connectivity index (χ0v) is 9.02. The number of halogens is 1. The Bertz CT molecular complexity index is 382. The van der Waals surface area contributed by atoms with Gasteiger partial charge >= 0.3 is 0 Å². The summed E-state index contributed by atoms with van der Waals surface area (Å²) in [4.78, 5) is 0. The Morgan fingerprint density at radius 3 is 3.00 bits per heavy atom. The molecule has 2 rings (SSSR count). The topological polar surface area (TPSA) is 12.0 Å². The lowest BCUT2D eigenvalue weighted by Crippen LogP contribution is -2.13. The van der Waals surface area contributed by atoms with Crippen LogP contribution in [0.25, 0.3) is 5.57 Å². The molecule has 0 aliphatic carbocycles. The maximum Gasteiger partial charge on any atom is 0.123 e. The van der Waals surface area contributed by atoms with Crippen molar-refractivity contribution >= 4 is 5.57 Å². The van der Waals surface area contributed by atoms with E-state index in [0.29, 0.717) is 0 Å². The van der Waals surface area contributed by atoms with Gasteiger partial charge in [-0.15, -0.1) is 0 Å². The van der Waals surface area contributed by atoms with Crippen LogP contribution in [0.3, 0.4) is 0 Å². The summed E-state index contributed by atoms with van der Waals surface area (Å²) in [6.07, 6.45) is 4.25. The molecule has 0 saturated heterocycles. The summed E-state index contributed by atoms with van der Waals surface area (Å²) in [5.74, 6) is -0.145. The fourth-order valence-corrected chi connectivity index (χ4v) is 1.98. The highest BCUT2D eigenvalue weighted by molar-refractivity contribution is 5.68. The van der Waals surface area contributed by atoms with Crippen molar-refractivity contribution < 1.29 is 4.39 Å². The van der Waals surface area contributed by atoms with Gasteiger partial charge in [-0.25, -0.2) is 4.39 Å². The Kier molecular flexibility index (Phi) is 3.17. The van der Waals surface area contributed by atoms with Gasteiger partial charge in [0.1, 0.15) is 5.82 Å². The molecule has 0 atom stereocenters. The predicted octanol–water partition coefficient (Wildman–Crippen LogP) is 2.90. The van der Waals surface area contributed by atoms with Gasteiger partial charge in [-0.2, -0.15) is 0 Å². The molecule has 0 unspecified atom stereocenters. The Labute approximate surface area is 90.0 Å². The van der Waals surface area contributed by atoms with E-state index >= 15 is 0 Å².